The molecule has 0 radical (unpaired) electrons. The molecule has 1 amide bonds. The Morgan fingerprint density at radius 1 is 1.03 bits per heavy atom. The van der Waals surface area contributed by atoms with Crippen LogP contribution in [0, 0.1) is 0 Å². The maximum absolute atomic E-state index is 12.8. The van der Waals surface area contributed by atoms with Crippen LogP contribution in [0.15, 0.2) is 58.2 Å². The van der Waals surface area contributed by atoms with E-state index in [9.17, 15) is 26.8 Å². The van der Waals surface area contributed by atoms with Gasteiger partial charge >= 0.3 is 5.76 Å². The minimum atomic E-state index is -4.72. The largest absolute Gasteiger partial charge is 0.341 e. The van der Waals surface area contributed by atoms with Crippen molar-refractivity contribution in [1.29, 1.82) is 0 Å². The summed E-state index contributed by atoms with van der Waals surface area (Å²) in [6, 6.07) is 10.6. The van der Waals surface area contributed by atoms with Crippen LogP contribution in [0.5, 0.6) is 0 Å². The highest BCUT2D eigenvalue weighted by atomic mass is 32.2. The van der Waals surface area contributed by atoms with Crippen LogP contribution in [-0.2, 0) is 9.84 Å². The highest BCUT2D eigenvalue weighted by molar-refractivity contribution is 7.91. The lowest BCUT2D eigenvalue weighted by molar-refractivity contribution is 0.102. The van der Waals surface area contributed by atoms with Gasteiger partial charge in [-0.2, -0.15) is 13.9 Å². The molecular formula is C19H17F2N3O4S. The number of hydrogen-bond acceptors (Lipinski definition) is 5. The SMILES string of the molecule is CC(C)n1nc(C(=O)Nc2ccc(S(=O)(=O)C(F)F)cc2)c2ccccc2c1=O. The molecule has 0 saturated heterocycles. The van der Waals surface area contributed by atoms with E-state index in [-0.39, 0.29) is 23.0 Å². The van der Waals surface area contributed by atoms with Crippen LogP contribution in [-0.4, -0.2) is 29.9 Å². The fourth-order valence-corrected chi connectivity index (χ4v) is 3.47. The molecule has 7 nitrogen and oxygen atoms in total. The molecular weight excluding hydrogens is 404 g/mol. The van der Waals surface area contributed by atoms with Crippen molar-refractivity contribution >= 4 is 32.2 Å². The maximum Gasteiger partial charge on any atom is 0.341 e. The van der Waals surface area contributed by atoms with E-state index >= 15 is 0 Å². The maximum atomic E-state index is 12.8. The predicted octanol–water partition coefficient (Wildman–Crippen LogP) is 3.23. The minimum absolute atomic E-state index is 0.0122. The molecule has 0 fully saturated rings. The summed E-state index contributed by atoms with van der Waals surface area (Å²) >= 11 is 0. The van der Waals surface area contributed by atoms with Crippen LogP contribution >= 0.6 is 0 Å². The Bertz CT molecular complexity index is 1240. The van der Waals surface area contributed by atoms with E-state index < -0.39 is 26.4 Å². The van der Waals surface area contributed by atoms with Crippen molar-refractivity contribution in [3.63, 3.8) is 0 Å². The van der Waals surface area contributed by atoms with Crippen molar-refractivity contribution in [2.75, 3.05) is 5.32 Å². The first kappa shape index (κ1) is 20.6. The van der Waals surface area contributed by atoms with Crippen molar-refractivity contribution in [1.82, 2.24) is 9.78 Å². The Labute approximate surface area is 164 Å². The molecule has 0 aliphatic carbocycles. The predicted molar refractivity (Wildman–Crippen MR) is 104 cm³/mol. The van der Waals surface area contributed by atoms with Gasteiger partial charge in [-0.1, -0.05) is 18.2 Å². The Morgan fingerprint density at radius 2 is 1.62 bits per heavy atom. The molecule has 3 rings (SSSR count). The second kappa shape index (κ2) is 7.70. The average Bonchev–Trinajstić information content (AvgIpc) is 2.68. The molecule has 152 valence electrons. The summed E-state index contributed by atoms with van der Waals surface area (Å²) in [6.07, 6.45) is 0. The van der Waals surface area contributed by atoms with E-state index in [4.69, 9.17) is 0 Å². The van der Waals surface area contributed by atoms with Gasteiger partial charge in [0.05, 0.1) is 16.3 Å². The molecule has 29 heavy (non-hydrogen) atoms. The summed E-state index contributed by atoms with van der Waals surface area (Å²) in [6.45, 7) is 3.51. The van der Waals surface area contributed by atoms with Gasteiger partial charge in [-0.25, -0.2) is 13.1 Å². The number of nitrogens with zero attached hydrogens (tertiary/aromatic N) is 2. The van der Waals surface area contributed by atoms with Crippen molar-refractivity contribution in [3.8, 4) is 0 Å². The lowest BCUT2D eigenvalue weighted by Crippen LogP contribution is -2.28. The standard InChI is InChI=1S/C19H17F2N3O4S/c1-11(2)24-18(26)15-6-4-3-5-14(15)16(23-24)17(25)22-12-7-9-13(10-8-12)29(27,28)19(20)21/h3-11,19H,1-2H3,(H,22,25). The zero-order valence-electron chi connectivity index (χ0n) is 15.5. The number of fused-ring (bicyclic) bond motifs is 1. The van der Waals surface area contributed by atoms with Gasteiger partial charge in [-0.15, -0.1) is 0 Å². The molecule has 0 aliphatic heterocycles. The molecule has 0 spiro atoms. The Morgan fingerprint density at radius 3 is 2.17 bits per heavy atom. The molecule has 3 aromatic rings. The minimum Gasteiger partial charge on any atom is -0.321 e. The van der Waals surface area contributed by atoms with Gasteiger partial charge in [0.2, 0.25) is 9.84 Å². The zero-order chi connectivity index (χ0) is 21.3. The highest BCUT2D eigenvalue weighted by Gasteiger charge is 2.26. The van der Waals surface area contributed by atoms with Crippen LogP contribution in [0.4, 0.5) is 14.5 Å². The molecule has 1 heterocycles. The first-order valence-electron chi connectivity index (χ1n) is 8.58. The van der Waals surface area contributed by atoms with Crippen LogP contribution < -0.4 is 10.9 Å². The summed E-state index contributed by atoms with van der Waals surface area (Å²) < 4.78 is 49.4. The first-order chi connectivity index (χ1) is 13.6. The van der Waals surface area contributed by atoms with E-state index in [1.165, 1.54) is 16.8 Å². The number of nitrogens with one attached hydrogen (secondary N) is 1. The van der Waals surface area contributed by atoms with E-state index in [2.05, 4.69) is 10.4 Å². The summed E-state index contributed by atoms with van der Waals surface area (Å²) in [5.41, 5.74) is -0.122. The molecule has 0 atom stereocenters. The molecule has 1 N–H and O–H groups in total. The van der Waals surface area contributed by atoms with Gasteiger partial charge < -0.3 is 5.32 Å². The number of carbonyl (C=O) groups is 1. The molecule has 10 heteroatoms. The smallest absolute Gasteiger partial charge is 0.321 e. The number of benzene rings is 2. The van der Waals surface area contributed by atoms with Gasteiger partial charge in [0, 0.05) is 11.1 Å². The monoisotopic (exact) mass is 421 g/mol. The van der Waals surface area contributed by atoms with E-state index in [0.717, 1.165) is 12.1 Å². The molecule has 0 saturated carbocycles. The normalized spacial score (nSPS) is 11.9. The highest BCUT2D eigenvalue weighted by Crippen LogP contribution is 2.21. The van der Waals surface area contributed by atoms with Crippen LogP contribution in [0.25, 0.3) is 10.8 Å². The zero-order valence-corrected chi connectivity index (χ0v) is 16.3. The second-order valence-corrected chi connectivity index (χ2v) is 8.44. The van der Waals surface area contributed by atoms with Gasteiger partial charge in [-0.3, -0.25) is 9.59 Å². The Hall–Kier alpha value is -3.14. The first-order valence-corrected chi connectivity index (χ1v) is 10.1. The number of anilines is 1. The number of rotatable bonds is 5. The number of sulfone groups is 1. The van der Waals surface area contributed by atoms with E-state index in [1.807, 2.05) is 0 Å². The van der Waals surface area contributed by atoms with Crippen LogP contribution in [0.3, 0.4) is 0 Å². The van der Waals surface area contributed by atoms with Gasteiger partial charge in [0.1, 0.15) is 0 Å². The summed E-state index contributed by atoms with van der Waals surface area (Å²) in [5.74, 6) is -4.16. The van der Waals surface area contributed by atoms with Crippen molar-refractivity contribution in [2.45, 2.75) is 30.5 Å². The van der Waals surface area contributed by atoms with Crippen LogP contribution in [0.1, 0.15) is 30.4 Å². The molecule has 0 aliphatic rings. The molecule has 0 bridgehead atoms. The number of carbonyl (C=O) groups excluding carboxylic acids is 1. The van der Waals surface area contributed by atoms with Crippen molar-refractivity contribution in [2.24, 2.45) is 0 Å². The average molecular weight is 421 g/mol. The summed E-state index contributed by atoms with van der Waals surface area (Å²) in [4.78, 5) is 24.8. The van der Waals surface area contributed by atoms with Gasteiger partial charge in [0.15, 0.2) is 5.69 Å². The number of alkyl halides is 2. The number of aromatic nitrogens is 2. The Kier molecular flexibility index (Phi) is 5.47. The third-order valence-electron chi connectivity index (χ3n) is 4.21. The summed E-state index contributed by atoms with van der Waals surface area (Å²) in [7, 11) is -4.72. The van der Waals surface area contributed by atoms with Gasteiger partial charge in [-0.05, 0) is 44.2 Å². The third-order valence-corrected chi connectivity index (χ3v) is 5.61. The number of amides is 1. The van der Waals surface area contributed by atoms with E-state index in [1.54, 1.807) is 38.1 Å². The lowest BCUT2D eigenvalue weighted by atomic mass is 10.1. The second-order valence-electron chi connectivity index (χ2n) is 6.52. The van der Waals surface area contributed by atoms with Crippen molar-refractivity contribution in [3.05, 3.63) is 64.6 Å². The van der Waals surface area contributed by atoms with Gasteiger partial charge in [0.25, 0.3) is 11.5 Å². The van der Waals surface area contributed by atoms with Crippen LogP contribution in [0.2, 0.25) is 0 Å². The molecule has 0 unspecified atom stereocenters. The molecule has 1 aromatic heterocycles. The number of halogens is 2. The summed E-state index contributed by atoms with van der Waals surface area (Å²) in [5, 5.41) is 7.42. The number of hydrogen-bond donors (Lipinski definition) is 1. The van der Waals surface area contributed by atoms with Crippen molar-refractivity contribution < 1.29 is 22.0 Å². The quantitative estimate of drug-likeness (QED) is 0.682. The lowest BCUT2D eigenvalue weighted by Gasteiger charge is -2.13. The third kappa shape index (κ3) is 3.88. The topological polar surface area (TPSA) is 98.1 Å². The Balaban J connectivity index is 1.99. The molecule has 2 aromatic carbocycles. The van der Waals surface area contributed by atoms with E-state index in [0.29, 0.717) is 10.8 Å². The fraction of sp³-hybridized carbons (Fsp3) is 0.211. The fourth-order valence-electron chi connectivity index (χ4n) is 2.75.